The number of hydrogen-bond donors (Lipinski definition) is 3. The normalized spacial score (nSPS) is 16.3. The fraction of sp³-hybridized carbons (Fsp3) is 0.333. The molecule has 1 amide bonds. The molecule has 1 aliphatic heterocycles. The third-order valence-electron chi connectivity index (χ3n) is 8.59. The summed E-state index contributed by atoms with van der Waals surface area (Å²) in [6.45, 7) is 3.96. The first-order valence-electron chi connectivity index (χ1n) is 16.5. The number of nitrogens with zero attached hydrogens (tertiary/aromatic N) is 1. The summed E-state index contributed by atoms with van der Waals surface area (Å²) in [4.78, 5) is 43.9. The summed E-state index contributed by atoms with van der Waals surface area (Å²) in [6.07, 6.45) is 6.04. The van der Waals surface area contributed by atoms with Crippen molar-refractivity contribution in [3.05, 3.63) is 99.6 Å². The largest absolute Gasteiger partial charge is 0.507 e. The van der Waals surface area contributed by atoms with E-state index in [0.29, 0.717) is 49.8 Å². The Balaban J connectivity index is 1.47. The second-order valence-corrected chi connectivity index (χ2v) is 13.2. The van der Waals surface area contributed by atoms with E-state index in [1.807, 2.05) is 42.6 Å². The van der Waals surface area contributed by atoms with Crippen LogP contribution < -0.4 is 10.1 Å². The number of hydrogen-bond acceptors (Lipinski definition) is 9. The molecule has 0 fully saturated rings. The molecular weight excluding hydrogens is 641 g/mol. The number of nitrogens with one attached hydrogen (secondary N) is 1. The molecule has 2 heterocycles. The van der Waals surface area contributed by atoms with Crippen LogP contribution in [0.3, 0.4) is 0 Å². The number of carbonyl (C=O) groups excluding carboxylic acids is 3. The molecule has 5 rings (SSSR count). The maximum absolute atomic E-state index is 13.6. The topological polar surface area (TPSA) is 135 Å². The van der Waals surface area contributed by atoms with Crippen molar-refractivity contribution < 1.29 is 34.1 Å². The van der Waals surface area contributed by atoms with Crippen LogP contribution in [0.25, 0.3) is 16.6 Å². The number of aryl methyl sites for hydroxylation is 1. The van der Waals surface area contributed by atoms with Gasteiger partial charge in [-0.2, -0.15) is 0 Å². The highest BCUT2D eigenvalue weighted by atomic mass is 32.1. The molecule has 0 saturated carbocycles. The van der Waals surface area contributed by atoms with Gasteiger partial charge in [0.2, 0.25) is 5.91 Å². The van der Waals surface area contributed by atoms with Crippen LogP contribution in [0.1, 0.15) is 96.1 Å². The molecule has 3 N–H and O–H groups in total. The number of benzene rings is 3. The van der Waals surface area contributed by atoms with Crippen molar-refractivity contribution in [1.29, 1.82) is 0 Å². The number of allylic oxidation sites excluding steroid dienone is 1. The maximum atomic E-state index is 13.6. The average Bonchev–Trinajstić information content (AvgIpc) is 3.52. The Morgan fingerprint density at radius 3 is 2.61 bits per heavy atom. The lowest BCUT2D eigenvalue weighted by molar-refractivity contribution is -0.121. The Hall–Kier alpha value is -4.96. The zero-order valence-electron chi connectivity index (χ0n) is 28.0. The van der Waals surface area contributed by atoms with E-state index in [1.165, 1.54) is 6.07 Å². The van der Waals surface area contributed by atoms with Gasteiger partial charge in [0.05, 0.1) is 13.2 Å². The minimum Gasteiger partial charge on any atom is -0.507 e. The van der Waals surface area contributed by atoms with Crippen molar-refractivity contribution in [2.75, 3.05) is 7.11 Å². The molecule has 1 aromatic heterocycles. The average molecular weight is 683 g/mol. The molecule has 0 spiro atoms. The van der Waals surface area contributed by atoms with Crippen molar-refractivity contribution in [3.63, 3.8) is 0 Å². The summed E-state index contributed by atoms with van der Waals surface area (Å²) in [5.74, 6) is -1.82. The van der Waals surface area contributed by atoms with E-state index in [2.05, 4.69) is 10.3 Å². The zero-order chi connectivity index (χ0) is 34.9. The van der Waals surface area contributed by atoms with Crippen LogP contribution in [0, 0.1) is 6.92 Å². The lowest BCUT2D eigenvalue weighted by Crippen LogP contribution is -2.25. The van der Waals surface area contributed by atoms with Crippen LogP contribution in [0.5, 0.6) is 17.2 Å². The molecule has 0 bridgehead atoms. The van der Waals surface area contributed by atoms with Gasteiger partial charge in [-0.3, -0.25) is 9.59 Å². The number of ketones is 1. The van der Waals surface area contributed by atoms with Gasteiger partial charge in [0.1, 0.15) is 33.6 Å². The number of Topliss-reactive ketones (excluding diaryl/α,β-unsaturated/α-hetero) is 1. The molecule has 49 heavy (non-hydrogen) atoms. The Kier molecular flexibility index (Phi) is 11.9. The van der Waals surface area contributed by atoms with Gasteiger partial charge in [0, 0.05) is 53.9 Å². The number of fused-ring (bicyclic) bond motifs is 1. The summed E-state index contributed by atoms with van der Waals surface area (Å²) in [7, 11) is 1.55. The number of thiazole rings is 1. The highest BCUT2D eigenvalue weighted by molar-refractivity contribution is 7.13. The SMILES string of the molecule is COc1ccc(C(CC(=O)NCc2cccc(-c3nc(C)cs3)c2)c2c(O)cc3c(c2O)C(=O)OC(C)CCCC(=O)CCCC=C3)cc1. The van der Waals surface area contributed by atoms with E-state index in [0.717, 1.165) is 21.8 Å². The fourth-order valence-corrected chi connectivity index (χ4v) is 6.80. The van der Waals surface area contributed by atoms with Crippen LogP contribution in [0.15, 0.2) is 66.1 Å². The summed E-state index contributed by atoms with van der Waals surface area (Å²) in [5, 5.41) is 29.1. The first-order valence-corrected chi connectivity index (χ1v) is 17.4. The van der Waals surface area contributed by atoms with Gasteiger partial charge in [-0.05, 0) is 80.5 Å². The lowest BCUT2D eigenvalue weighted by atomic mass is 9.84. The minimum absolute atomic E-state index is 0.0462. The third kappa shape index (κ3) is 9.14. The number of phenols is 2. The number of methoxy groups -OCH3 is 1. The monoisotopic (exact) mass is 682 g/mol. The maximum Gasteiger partial charge on any atom is 0.342 e. The number of esters is 1. The van der Waals surface area contributed by atoms with Crippen LogP contribution in [-0.4, -0.2) is 46.1 Å². The van der Waals surface area contributed by atoms with Crippen molar-refractivity contribution in [2.24, 2.45) is 0 Å². The summed E-state index contributed by atoms with van der Waals surface area (Å²) < 4.78 is 11.1. The number of phenolic OH excluding ortho intramolecular Hbond substituents is 2. The Labute approximate surface area is 290 Å². The van der Waals surface area contributed by atoms with E-state index in [9.17, 15) is 24.6 Å². The van der Waals surface area contributed by atoms with Crippen molar-refractivity contribution in [1.82, 2.24) is 10.3 Å². The van der Waals surface area contributed by atoms with Gasteiger partial charge >= 0.3 is 5.97 Å². The quantitative estimate of drug-likeness (QED) is 0.160. The first kappa shape index (κ1) is 35.3. The molecule has 1 aliphatic rings. The predicted molar refractivity (Wildman–Crippen MR) is 190 cm³/mol. The zero-order valence-corrected chi connectivity index (χ0v) is 28.8. The van der Waals surface area contributed by atoms with Crippen molar-refractivity contribution in [3.8, 4) is 27.8 Å². The van der Waals surface area contributed by atoms with E-state index in [-0.39, 0.29) is 47.1 Å². The molecule has 2 atom stereocenters. The highest BCUT2D eigenvalue weighted by Gasteiger charge is 2.31. The van der Waals surface area contributed by atoms with Gasteiger partial charge < -0.3 is 25.0 Å². The van der Waals surface area contributed by atoms with Crippen LogP contribution in [0.4, 0.5) is 0 Å². The Morgan fingerprint density at radius 1 is 1.10 bits per heavy atom. The predicted octanol–water partition coefficient (Wildman–Crippen LogP) is 7.86. The number of carbonyl (C=O) groups is 3. The number of aromatic hydroxyl groups is 2. The van der Waals surface area contributed by atoms with E-state index >= 15 is 0 Å². The van der Waals surface area contributed by atoms with Gasteiger partial charge in [-0.25, -0.2) is 9.78 Å². The minimum atomic E-state index is -0.825. The van der Waals surface area contributed by atoms with Crippen LogP contribution >= 0.6 is 11.3 Å². The Bertz CT molecular complexity index is 1830. The molecule has 3 aromatic carbocycles. The molecule has 2 unspecified atom stereocenters. The smallest absolute Gasteiger partial charge is 0.342 e. The molecule has 0 radical (unpaired) electrons. The van der Waals surface area contributed by atoms with Gasteiger partial charge in [-0.15, -0.1) is 11.3 Å². The second-order valence-electron chi connectivity index (χ2n) is 12.4. The van der Waals surface area contributed by atoms with Crippen LogP contribution in [0.2, 0.25) is 0 Å². The molecule has 0 saturated heterocycles. The fourth-order valence-electron chi connectivity index (χ4n) is 6.00. The number of cyclic esters (lactones) is 1. The molecule has 9 nitrogen and oxygen atoms in total. The van der Waals surface area contributed by atoms with E-state index in [4.69, 9.17) is 9.47 Å². The van der Waals surface area contributed by atoms with Gasteiger partial charge in [-0.1, -0.05) is 42.5 Å². The molecule has 0 aliphatic carbocycles. The molecule has 10 heteroatoms. The van der Waals surface area contributed by atoms with Gasteiger partial charge in [0.15, 0.2) is 0 Å². The highest BCUT2D eigenvalue weighted by Crippen LogP contribution is 2.44. The number of rotatable bonds is 8. The summed E-state index contributed by atoms with van der Waals surface area (Å²) in [5.41, 5.74) is 3.68. The van der Waals surface area contributed by atoms with Crippen molar-refractivity contribution >= 4 is 35.1 Å². The number of amides is 1. The van der Waals surface area contributed by atoms with Crippen molar-refractivity contribution in [2.45, 2.75) is 77.4 Å². The van der Waals surface area contributed by atoms with E-state index in [1.54, 1.807) is 55.7 Å². The standard InChI is InChI=1S/C39H42N2O7S/c1-24-23-49-38(41-24)29-12-8-10-26(19-29)22-40-34(44)21-32(27-15-17-31(47-3)18-16-27)36-33(43)20-28-11-5-4-6-13-30(42)14-7-9-25(2)48-39(46)35(28)37(36)45/h5,8,10-12,15-20,23,25,32,43,45H,4,6-7,9,13-14,21-22H2,1-3H3,(H,40,44). The molecule has 256 valence electrons. The lowest BCUT2D eigenvalue weighted by Gasteiger charge is -2.23. The summed E-state index contributed by atoms with van der Waals surface area (Å²) in [6, 6.07) is 16.2. The Morgan fingerprint density at radius 2 is 1.88 bits per heavy atom. The first-order chi connectivity index (χ1) is 23.6. The molecule has 4 aromatic rings. The number of ether oxygens (including phenoxy) is 2. The molecular formula is C39H42N2O7S. The van der Waals surface area contributed by atoms with Crippen LogP contribution in [-0.2, 0) is 20.9 Å². The number of aromatic nitrogens is 1. The summed E-state index contributed by atoms with van der Waals surface area (Å²) >= 11 is 1.56. The van der Waals surface area contributed by atoms with Gasteiger partial charge in [0.25, 0.3) is 0 Å². The van der Waals surface area contributed by atoms with E-state index < -0.39 is 23.7 Å². The third-order valence-corrected chi connectivity index (χ3v) is 9.60. The second kappa shape index (κ2) is 16.4.